The zero-order chi connectivity index (χ0) is 24.7. The molecule has 1 amide bonds. The van der Waals surface area contributed by atoms with Gasteiger partial charge in [0.2, 0.25) is 0 Å². The molecule has 0 saturated heterocycles. The van der Waals surface area contributed by atoms with Gasteiger partial charge >= 0.3 is 0 Å². The Labute approximate surface area is 200 Å². The van der Waals surface area contributed by atoms with Crippen LogP contribution in [0.25, 0.3) is 11.1 Å². The number of H-pyrrole nitrogens is 1. The average Bonchev–Trinajstić information content (AvgIpc) is 2.80. The minimum atomic E-state index is -0.225. The molecule has 2 aromatic carbocycles. The lowest BCUT2D eigenvalue weighted by Gasteiger charge is -2.16. The van der Waals surface area contributed by atoms with Gasteiger partial charge in [-0.25, -0.2) is 0 Å². The summed E-state index contributed by atoms with van der Waals surface area (Å²) in [5.74, 6) is 0.536. The number of pyridine rings is 1. The van der Waals surface area contributed by atoms with Crippen molar-refractivity contribution < 1.29 is 14.3 Å². The van der Waals surface area contributed by atoms with Crippen LogP contribution in [-0.2, 0) is 11.3 Å². The fourth-order valence-electron chi connectivity index (χ4n) is 3.84. The molecule has 0 saturated carbocycles. The van der Waals surface area contributed by atoms with E-state index in [1.807, 2.05) is 64.1 Å². The van der Waals surface area contributed by atoms with Gasteiger partial charge < -0.3 is 25.1 Å². The molecule has 3 rings (SSSR count). The zero-order valence-electron chi connectivity index (χ0n) is 20.5. The Hall–Kier alpha value is -3.58. The smallest absolute Gasteiger partial charge is 0.251 e. The second kappa shape index (κ2) is 11.5. The topological polar surface area (TPSA) is 92.4 Å². The quantitative estimate of drug-likeness (QED) is 0.389. The molecule has 0 fully saturated rings. The number of ether oxygens (including phenoxy) is 2. The summed E-state index contributed by atoms with van der Waals surface area (Å²) in [7, 11) is 1.64. The Morgan fingerprint density at radius 2 is 1.74 bits per heavy atom. The van der Waals surface area contributed by atoms with Crippen LogP contribution in [0.3, 0.4) is 0 Å². The van der Waals surface area contributed by atoms with Crippen molar-refractivity contribution in [1.82, 2.24) is 10.3 Å². The molecule has 7 heteroatoms. The summed E-state index contributed by atoms with van der Waals surface area (Å²) in [5, 5.41) is 6.28. The molecule has 1 heterocycles. The first kappa shape index (κ1) is 25.1. The molecule has 0 spiro atoms. The normalized spacial score (nSPS) is 10.7. The third-order valence-corrected chi connectivity index (χ3v) is 5.67. The van der Waals surface area contributed by atoms with Crippen molar-refractivity contribution >= 4 is 11.6 Å². The van der Waals surface area contributed by atoms with Gasteiger partial charge in [-0.05, 0) is 68.7 Å². The third kappa shape index (κ3) is 6.05. The molecule has 180 valence electrons. The molecule has 0 aliphatic rings. The molecule has 3 aromatic rings. The lowest BCUT2D eigenvalue weighted by Crippen LogP contribution is -2.28. The number of aryl methyl sites for hydroxylation is 2. The van der Waals surface area contributed by atoms with Gasteiger partial charge in [0.1, 0.15) is 12.4 Å². The highest BCUT2D eigenvalue weighted by molar-refractivity contribution is 5.98. The van der Waals surface area contributed by atoms with Crippen LogP contribution in [0.15, 0.2) is 47.3 Å². The number of carbonyl (C=O) groups excluding carboxylic acids is 1. The lowest BCUT2D eigenvalue weighted by atomic mass is 9.97. The molecule has 1 aromatic heterocycles. The first-order chi connectivity index (χ1) is 16.3. The fraction of sp³-hybridized carbons (Fsp3) is 0.333. The average molecular weight is 464 g/mol. The number of methoxy groups -OCH3 is 1. The van der Waals surface area contributed by atoms with Gasteiger partial charge in [-0.3, -0.25) is 9.59 Å². The van der Waals surface area contributed by atoms with Gasteiger partial charge in [-0.15, -0.1) is 0 Å². The van der Waals surface area contributed by atoms with E-state index in [0.29, 0.717) is 24.3 Å². The Balaban J connectivity index is 1.87. The van der Waals surface area contributed by atoms with E-state index in [4.69, 9.17) is 9.47 Å². The van der Waals surface area contributed by atoms with E-state index in [0.717, 1.165) is 46.1 Å². The zero-order valence-corrected chi connectivity index (χ0v) is 20.5. The Kier molecular flexibility index (Phi) is 8.49. The van der Waals surface area contributed by atoms with Crippen molar-refractivity contribution in [2.75, 3.05) is 32.2 Å². The van der Waals surface area contributed by atoms with Gasteiger partial charge in [-0.2, -0.15) is 0 Å². The van der Waals surface area contributed by atoms with E-state index < -0.39 is 0 Å². The number of carbonyl (C=O) groups is 1. The van der Waals surface area contributed by atoms with E-state index in [1.165, 1.54) is 0 Å². The minimum absolute atomic E-state index is 0.0827. The van der Waals surface area contributed by atoms with E-state index in [2.05, 4.69) is 15.6 Å². The highest BCUT2D eigenvalue weighted by atomic mass is 16.5. The first-order valence-corrected chi connectivity index (χ1v) is 11.4. The number of anilines is 1. The monoisotopic (exact) mass is 463 g/mol. The Bertz CT molecular complexity index is 1200. The molecule has 0 aliphatic heterocycles. The van der Waals surface area contributed by atoms with Crippen molar-refractivity contribution in [2.24, 2.45) is 0 Å². The van der Waals surface area contributed by atoms with Gasteiger partial charge in [0.05, 0.1) is 6.61 Å². The molecule has 3 N–H and O–H groups in total. The van der Waals surface area contributed by atoms with Crippen molar-refractivity contribution in [3.05, 3.63) is 80.8 Å². The standard InChI is InChI=1S/C27H33N3O4/c1-6-28-25-15-21(20-7-9-22(10-8-20)34-12-11-33-5)14-23(18(25)3)27(32)29-16-24-19(4)30-17(2)13-26(24)31/h7-10,13-15,28H,6,11-12,16H2,1-5H3,(H,29,32)(H,30,31). The molecule has 7 nitrogen and oxygen atoms in total. The summed E-state index contributed by atoms with van der Waals surface area (Å²) in [4.78, 5) is 28.7. The predicted octanol–water partition coefficient (Wildman–Crippen LogP) is 4.35. The van der Waals surface area contributed by atoms with Gasteiger partial charge in [0, 0.05) is 54.5 Å². The number of aromatic nitrogens is 1. The van der Waals surface area contributed by atoms with Crippen LogP contribution in [-0.4, -0.2) is 37.8 Å². The van der Waals surface area contributed by atoms with Crippen LogP contribution in [0.5, 0.6) is 5.75 Å². The summed E-state index contributed by atoms with van der Waals surface area (Å²) in [5.41, 5.74) is 6.24. The van der Waals surface area contributed by atoms with E-state index >= 15 is 0 Å². The largest absolute Gasteiger partial charge is 0.491 e. The number of benzene rings is 2. The van der Waals surface area contributed by atoms with Crippen LogP contribution in [0.4, 0.5) is 5.69 Å². The first-order valence-electron chi connectivity index (χ1n) is 11.4. The summed E-state index contributed by atoms with van der Waals surface area (Å²) in [6.07, 6.45) is 0. The minimum Gasteiger partial charge on any atom is -0.491 e. The molecule has 0 aliphatic carbocycles. The number of hydrogen-bond donors (Lipinski definition) is 3. The van der Waals surface area contributed by atoms with Crippen LogP contribution < -0.4 is 20.8 Å². The van der Waals surface area contributed by atoms with Crippen LogP contribution in [0.2, 0.25) is 0 Å². The molecule has 0 bridgehead atoms. The van der Waals surface area contributed by atoms with Crippen molar-refractivity contribution in [2.45, 2.75) is 34.2 Å². The Morgan fingerprint density at radius 3 is 2.38 bits per heavy atom. The van der Waals surface area contributed by atoms with Gasteiger partial charge in [-0.1, -0.05) is 12.1 Å². The van der Waals surface area contributed by atoms with Crippen LogP contribution >= 0.6 is 0 Å². The van der Waals surface area contributed by atoms with Crippen molar-refractivity contribution in [3.8, 4) is 16.9 Å². The molecule has 34 heavy (non-hydrogen) atoms. The van der Waals surface area contributed by atoms with Crippen molar-refractivity contribution in [3.63, 3.8) is 0 Å². The fourth-order valence-corrected chi connectivity index (χ4v) is 3.84. The number of hydrogen-bond acceptors (Lipinski definition) is 5. The maximum absolute atomic E-state index is 13.2. The number of amides is 1. The molecule has 0 unspecified atom stereocenters. The second-order valence-corrected chi connectivity index (χ2v) is 8.20. The number of rotatable bonds is 10. The maximum Gasteiger partial charge on any atom is 0.251 e. The molecular weight excluding hydrogens is 430 g/mol. The summed E-state index contributed by atoms with van der Waals surface area (Å²) < 4.78 is 10.7. The second-order valence-electron chi connectivity index (χ2n) is 8.20. The van der Waals surface area contributed by atoms with E-state index in [9.17, 15) is 9.59 Å². The van der Waals surface area contributed by atoms with Gasteiger partial charge in [0.15, 0.2) is 5.43 Å². The van der Waals surface area contributed by atoms with Crippen LogP contribution in [0, 0.1) is 20.8 Å². The molecule has 0 atom stereocenters. The predicted molar refractivity (Wildman–Crippen MR) is 136 cm³/mol. The van der Waals surface area contributed by atoms with Crippen LogP contribution in [0.1, 0.15) is 39.8 Å². The van der Waals surface area contributed by atoms with Gasteiger partial charge in [0.25, 0.3) is 5.91 Å². The summed E-state index contributed by atoms with van der Waals surface area (Å²) in [6, 6.07) is 13.2. The highest BCUT2D eigenvalue weighted by Crippen LogP contribution is 2.30. The summed E-state index contributed by atoms with van der Waals surface area (Å²) in [6.45, 7) is 9.53. The SMILES string of the molecule is CCNc1cc(-c2ccc(OCCOC)cc2)cc(C(=O)NCc2c(C)[nH]c(C)cc2=O)c1C. The molecular formula is C27H33N3O4. The highest BCUT2D eigenvalue weighted by Gasteiger charge is 2.16. The van der Waals surface area contributed by atoms with Crippen molar-refractivity contribution in [1.29, 1.82) is 0 Å². The van der Waals surface area contributed by atoms with E-state index in [-0.39, 0.29) is 17.9 Å². The Morgan fingerprint density at radius 1 is 1.00 bits per heavy atom. The lowest BCUT2D eigenvalue weighted by molar-refractivity contribution is 0.0950. The number of aromatic amines is 1. The third-order valence-electron chi connectivity index (χ3n) is 5.67. The molecule has 0 radical (unpaired) electrons. The number of nitrogens with one attached hydrogen (secondary N) is 3. The summed E-state index contributed by atoms with van der Waals surface area (Å²) >= 11 is 0. The van der Waals surface area contributed by atoms with E-state index in [1.54, 1.807) is 13.2 Å². The maximum atomic E-state index is 13.2.